The van der Waals surface area contributed by atoms with Crippen LogP contribution in [0.1, 0.15) is 37.8 Å². The molecule has 1 amide bonds. The molecule has 3 nitrogen and oxygen atoms in total. The highest BCUT2D eigenvalue weighted by Crippen LogP contribution is 2.28. The van der Waals surface area contributed by atoms with Crippen molar-refractivity contribution < 1.29 is 4.79 Å². The maximum atomic E-state index is 12.4. The van der Waals surface area contributed by atoms with E-state index in [0.29, 0.717) is 6.54 Å². The quantitative estimate of drug-likeness (QED) is 0.841. The number of amides is 1. The average molecular weight is 248 g/mol. The topological polar surface area (TPSA) is 55.1 Å². The van der Waals surface area contributed by atoms with Gasteiger partial charge in [-0.2, -0.15) is 0 Å². The first-order valence-electron chi connectivity index (χ1n) is 6.58. The van der Waals surface area contributed by atoms with Gasteiger partial charge < -0.3 is 11.1 Å². The summed E-state index contributed by atoms with van der Waals surface area (Å²) < 4.78 is 0. The Bertz CT molecular complexity index is 414. The van der Waals surface area contributed by atoms with Gasteiger partial charge in [0.15, 0.2) is 0 Å². The zero-order chi connectivity index (χ0) is 13.8. The van der Waals surface area contributed by atoms with E-state index in [1.54, 1.807) is 0 Å². The minimum Gasteiger partial charge on any atom is -0.329 e. The van der Waals surface area contributed by atoms with Crippen LogP contribution in [-0.4, -0.2) is 12.5 Å². The Labute approximate surface area is 110 Å². The van der Waals surface area contributed by atoms with Crippen LogP contribution in [0.5, 0.6) is 0 Å². The Morgan fingerprint density at radius 2 is 1.89 bits per heavy atom. The minimum atomic E-state index is -0.448. The number of carbonyl (C=O) groups is 1. The summed E-state index contributed by atoms with van der Waals surface area (Å²) in [5.41, 5.74) is 8.53. The van der Waals surface area contributed by atoms with Gasteiger partial charge in [-0.25, -0.2) is 0 Å². The average Bonchev–Trinajstić information content (AvgIpc) is 2.38. The first-order valence-corrected chi connectivity index (χ1v) is 6.58. The smallest absolute Gasteiger partial charge is 0.231 e. The molecule has 0 atom stereocenters. The van der Waals surface area contributed by atoms with Crippen molar-refractivity contribution >= 4 is 11.6 Å². The van der Waals surface area contributed by atoms with Crippen molar-refractivity contribution in [2.75, 3.05) is 11.9 Å². The van der Waals surface area contributed by atoms with Crippen LogP contribution < -0.4 is 11.1 Å². The Kier molecular flexibility index (Phi) is 4.91. The van der Waals surface area contributed by atoms with E-state index in [0.717, 1.165) is 24.1 Å². The van der Waals surface area contributed by atoms with Crippen LogP contribution in [0, 0.1) is 19.3 Å². The second-order valence-corrected chi connectivity index (χ2v) is 4.89. The number of hydrogen-bond acceptors (Lipinski definition) is 2. The van der Waals surface area contributed by atoms with Crippen molar-refractivity contribution in [3.63, 3.8) is 0 Å². The number of aryl methyl sites for hydroxylation is 1. The molecule has 0 radical (unpaired) electrons. The summed E-state index contributed by atoms with van der Waals surface area (Å²) in [5.74, 6) is 0.0312. The fourth-order valence-electron chi connectivity index (χ4n) is 2.09. The molecule has 0 aliphatic carbocycles. The number of anilines is 1. The van der Waals surface area contributed by atoms with E-state index in [4.69, 9.17) is 5.73 Å². The van der Waals surface area contributed by atoms with Gasteiger partial charge in [-0.05, 0) is 43.9 Å². The minimum absolute atomic E-state index is 0.0312. The summed E-state index contributed by atoms with van der Waals surface area (Å²) in [5, 5.41) is 3.03. The molecule has 1 aromatic carbocycles. The van der Waals surface area contributed by atoms with Crippen LogP contribution in [0.25, 0.3) is 0 Å². The third kappa shape index (κ3) is 2.72. The molecule has 3 heteroatoms. The van der Waals surface area contributed by atoms with E-state index in [1.807, 2.05) is 45.9 Å². The van der Waals surface area contributed by atoms with Gasteiger partial charge in [0.05, 0.1) is 5.41 Å². The summed E-state index contributed by atoms with van der Waals surface area (Å²) in [6, 6.07) is 5.94. The van der Waals surface area contributed by atoms with Crippen molar-refractivity contribution in [1.82, 2.24) is 0 Å². The molecule has 1 rings (SSSR count). The highest BCUT2D eigenvalue weighted by molar-refractivity contribution is 5.96. The number of rotatable bonds is 5. The number of nitrogens with one attached hydrogen (secondary N) is 1. The van der Waals surface area contributed by atoms with Gasteiger partial charge in [-0.1, -0.05) is 26.0 Å². The lowest BCUT2D eigenvalue weighted by molar-refractivity contribution is -0.125. The Hall–Kier alpha value is -1.35. The molecule has 0 aliphatic rings. The molecule has 18 heavy (non-hydrogen) atoms. The van der Waals surface area contributed by atoms with Gasteiger partial charge in [-0.15, -0.1) is 0 Å². The van der Waals surface area contributed by atoms with Crippen LogP contribution in [0.4, 0.5) is 5.69 Å². The molecular formula is C15H24N2O. The number of hydrogen-bond donors (Lipinski definition) is 2. The second kappa shape index (κ2) is 6.01. The lowest BCUT2D eigenvalue weighted by Gasteiger charge is -2.29. The molecule has 0 unspecified atom stereocenters. The second-order valence-electron chi connectivity index (χ2n) is 4.89. The molecule has 0 saturated heterocycles. The maximum absolute atomic E-state index is 12.4. The zero-order valence-electron chi connectivity index (χ0n) is 11.8. The molecule has 100 valence electrons. The van der Waals surface area contributed by atoms with E-state index in [9.17, 15) is 4.79 Å². The van der Waals surface area contributed by atoms with Gasteiger partial charge >= 0.3 is 0 Å². The van der Waals surface area contributed by atoms with Crippen LogP contribution >= 0.6 is 0 Å². The van der Waals surface area contributed by atoms with E-state index < -0.39 is 5.41 Å². The standard InChI is InChI=1S/C15H24N2O/c1-5-15(6-2,10-16)14(18)17-13-9-7-8-11(3)12(13)4/h7-9H,5-6,10,16H2,1-4H3,(H,17,18). The third-order valence-electron chi connectivity index (χ3n) is 4.08. The molecule has 0 aliphatic heterocycles. The number of carbonyl (C=O) groups excluding carboxylic acids is 1. The summed E-state index contributed by atoms with van der Waals surface area (Å²) in [7, 11) is 0. The molecule has 0 heterocycles. The van der Waals surface area contributed by atoms with Crippen molar-refractivity contribution in [2.45, 2.75) is 40.5 Å². The van der Waals surface area contributed by atoms with Gasteiger partial charge in [0.1, 0.15) is 0 Å². The first-order chi connectivity index (χ1) is 8.50. The van der Waals surface area contributed by atoms with E-state index in [2.05, 4.69) is 5.32 Å². The normalized spacial score (nSPS) is 11.4. The fraction of sp³-hybridized carbons (Fsp3) is 0.533. The summed E-state index contributed by atoms with van der Waals surface area (Å²) in [4.78, 5) is 12.4. The molecular weight excluding hydrogens is 224 g/mol. The Balaban J connectivity index is 2.97. The van der Waals surface area contributed by atoms with Crippen molar-refractivity contribution in [2.24, 2.45) is 11.1 Å². The molecule has 0 saturated carbocycles. The van der Waals surface area contributed by atoms with Crippen molar-refractivity contribution in [3.8, 4) is 0 Å². The molecule has 0 bridgehead atoms. The Morgan fingerprint density at radius 1 is 1.28 bits per heavy atom. The predicted molar refractivity (Wildman–Crippen MR) is 76.6 cm³/mol. The summed E-state index contributed by atoms with van der Waals surface area (Å²) in [6.45, 7) is 8.47. The SMILES string of the molecule is CCC(CC)(CN)C(=O)Nc1cccc(C)c1C. The highest BCUT2D eigenvalue weighted by atomic mass is 16.2. The molecule has 0 spiro atoms. The van der Waals surface area contributed by atoms with E-state index >= 15 is 0 Å². The first kappa shape index (κ1) is 14.7. The van der Waals surface area contributed by atoms with Crippen LogP contribution in [-0.2, 0) is 4.79 Å². The molecule has 3 N–H and O–H groups in total. The molecule has 1 aromatic rings. The third-order valence-corrected chi connectivity index (χ3v) is 4.08. The lowest BCUT2D eigenvalue weighted by Crippen LogP contribution is -2.41. The number of benzene rings is 1. The van der Waals surface area contributed by atoms with Crippen molar-refractivity contribution in [3.05, 3.63) is 29.3 Å². The zero-order valence-corrected chi connectivity index (χ0v) is 11.8. The largest absolute Gasteiger partial charge is 0.329 e. The number of nitrogens with two attached hydrogens (primary N) is 1. The van der Waals surface area contributed by atoms with Gasteiger partial charge in [-0.3, -0.25) is 4.79 Å². The van der Waals surface area contributed by atoms with Gasteiger partial charge in [0.25, 0.3) is 0 Å². The van der Waals surface area contributed by atoms with Gasteiger partial charge in [0, 0.05) is 12.2 Å². The summed E-state index contributed by atoms with van der Waals surface area (Å²) in [6.07, 6.45) is 1.52. The fourth-order valence-corrected chi connectivity index (χ4v) is 2.09. The van der Waals surface area contributed by atoms with Crippen LogP contribution in [0.2, 0.25) is 0 Å². The highest BCUT2D eigenvalue weighted by Gasteiger charge is 2.33. The predicted octanol–water partition coefficient (Wildman–Crippen LogP) is 3.01. The molecule has 0 fully saturated rings. The lowest BCUT2D eigenvalue weighted by atomic mass is 9.81. The van der Waals surface area contributed by atoms with Crippen LogP contribution in [0.3, 0.4) is 0 Å². The van der Waals surface area contributed by atoms with E-state index in [-0.39, 0.29) is 5.91 Å². The molecule has 0 aromatic heterocycles. The van der Waals surface area contributed by atoms with E-state index in [1.165, 1.54) is 5.56 Å². The summed E-state index contributed by atoms with van der Waals surface area (Å²) >= 11 is 0. The van der Waals surface area contributed by atoms with Crippen molar-refractivity contribution in [1.29, 1.82) is 0 Å². The van der Waals surface area contributed by atoms with Gasteiger partial charge in [0.2, 0.25) is 5.91 Å². The maximum Gasteiger partial charge on any atom is 0.231 e. The van der Waals surface area contributed by atoms with Crippen LogP contribution in [0.15, 0.2) is 18.2 Å². The Morgan fingerprint density at radius 3 is 2.39 bits per heavy atom. The monoisotopic (exact) mass is 248 g/mol.